The Hall–Kier alpha value is -0.880. The van der Waals surface area contributed by atoms with Crippen LogP contribution in [0.15, 0.2) is 0 Å². The molecular formula is C19H30ClFN2O3. The summed E-state index contributed by atoms with van der Waals surface area (Å²) in [5.41, 5.74) is 0. The van der Waals surface area contributed by atoms with Crippen molar-refractivity contribution in [3.63, 3.8) is 0 Å². The number of hydrogen-bond acceptors (Lipinski definition) is 3. The Labute approximate surface area is 159 Å². The Kier molecular flexibility index (Phi) is 6.78. The van der Waals surface area contributed by atoms with Gasteiger partial charge in [0.25, 0.3) is 0 Å². The number of rotatable bonds is 4. The van der Waals surface area contributed by atoms with Crippen LogP contribution in [0, 0.1) is 11.8 Å². The number of halogens is 2. The molecule has 0 aromatic carbocycles. The molecule has 7 heteroatoms. The van der Waals surface area contributed by atoms with Crippen molar-refractivity contribution >= 4 is 23.4 Å². The number of amides is 2. The molecule has 0 aromatic rings. The van der Waals surface area contributed by atoms with Gasteiger partial charge >= 0.3 is 0 Å². The summed E-state index contributed by atoms with van der Waals surface area (Å²) in [6, 6.07) is -0.105. The molecule has 1 aliphatic heterocycles. The largest absolute Gasteiger partial charge is 0.374 e. The summed E-state index contributed by atoms with van der Waals surface area (Å²) in [4.78, 5) is 24.4. The van der Waals surface area contributed by atoms with E-state index in [9.17, 15) is 14.0 Å². The quantitative estimate of drug-likeness (QED) is 0.727. The van der Waals surface area contributed by atoms with Gasteiger partial charge < -0.3 is 15.4 Å². The van der Waals surface area contributed by atoms with E-state index in [1.54, 1.807) is 0 Å². The normalized spacial score (nSPS) is 41.3. The molecule has 2 saturated carbocycles. The van der Waals surface area contributed by atoms with Crippen LogP contribution in [0.25, 0.3) is 0 Å². The predicted molar refractivity (Wildman–Crippen MR) is 97.7 cm³/mol. The van der Waals surface area contributed by atoms with Gasteiger partial charge in [0.15, 0.2) is 0 Å². The number of ether oxygens (including phenoxy) is 1. The van der Waals surface area contributed by atoms with Crippen LogP contribution in [0.2, 0.25) is 0 Å². The summed E-state index contributed by atoms with van der Waals surface area (Å²) in [7, 11) is 0. The molecule has 26 heavy (non-hydrogen) atoms. The monoisotopic (exact) mass is 388 g/mol. The van der Waals surface area contributed by atoms with E-state index in [0.29, 0.717) is 45.1 Å². The van der Waals surface area contributed by atoms with Gasteiger partial charge in [0.05, 0.1) is 18.1 Å². The summed E-state index contributed by atoms with van der Waals surface area (Å²) in [5, 5.41) is 5.83. The van der Waals surface area contributed by atoms with Gasteiger partial charge in [-0.3, -0.25) is 9.59 Å². The highest BCUT2D eigenvalue weighted by molar-refractivity contribution is 6.20. The Morgan fingerprint density at radius 3 is 2.73 bits per heavy atom. The highest BCUT2D eigenvalue weighted by atomic mass is 35.5. The lowest BCUT2D eigenvalue weighted by Gasteiger charge is -2.39. The van der Waals surface area contributed by atoms with E-state index >= 15 is 0 Å². The predicted octanol–water partition coefficient (Wildman–Crippen LogP) is 2.70. The van der Waals surface area contributed by atoms with E-state index in [0.717, 1.165) is 12.8 Å². The number of carbonyl (C=O) groups excluding carboxylic acids is 2. The molecule has 3 fully saturated rings. The first-order valence-electron chi connectivity index (χ1n) is 9.93. The lowest BCUT2D eigenvalue weighted by atomic mass is 9.83. The Morgan fingerprint density at radius 1 is 1.19 bits per heavy atom. The minimum atomic E-state index is -0.742. The van der Waals surface area contributed by atoms with Crippen LogP contribution in [0.4, 0.5) is 4.39 Å². The second kappa shape index (κ2) is 8.87. The minimum absolute atomic E-state index is 0.00951. The average Bonchev–Trinajstić information content (AvgIpc) is 2.57. The first-order valence-corrected chi connectivity index (χ1v) is 10.4. The Bertz CT molecular complexity index is 521. The van der Waals surface area contributed by atoms with Gasteiger partial charge in [-0.15, -0.1) is 11.6 Å². The fourth-order valence-electron chi connectivity index (χ4n) is 4.48. The topological polar surface area (TPSA) is 67.4 Å². The van der Waals surface area contributed by atoms with Gasteiger partial charge in [-0.05, 0) is 50.9 Å². The molecule has 7 unspecified atom stereocenters. The fraction of sp³-hybridized carbons (Fsp3) is 0.895. The fourth-order valence-corrected chi connectivity index (χ4v) is 4.78. The molecule has 0 radical (unpaired) electrons. The van der Waals surface area contributed by atoms with Gasteiger partial charge in [0.2, 0.25) is 11.8 Å². The average molecular weight is 389 g/mol. The molecule has 0 spiro atoms. The van der Waals surface area contributed by atoms with Gasteiger partial charge in [-0.25, -0.2) is 4.39 Å². The SMILES string of the molecule is CC1CC(F)CCC1OC1CC(Cl)CCC1C(=O)NC1CCNC(=O)C1. The van der Waals surface area contributed by atoms with Crippen LogP contribution >= 0.6 is 11.6 Å². The summed E-state index contributed by atoms with van der Waals surface area (Å²) < 4.78 is 19.9. The zero-order valence-electron chi connectivity index (χ0n) is 15.4. The molecule has 148 valence electrons. The lowest BCUT2D eigenvalue weighted by molar-refractivity contribution is -0.141. The molecule has 2 amide bonds. The van der Waals surface area contributed by atoms with Gasteiger partial charge in [-0.2, -0.15) is 0 Å². The highest BCUT2D eigenvalue weighted by Crippen LogP contribution is 2.36. The van der Waals surface area contributed by atoms with Crippen molar-refractivity contribution < 1.29 is 18.7 Å². The van der Waals surface area contributed by atoms with Crippen molar-refractivity contribution in [2.24, 2.45) is 11.8 Å². The molecule has 3 aliphatic rings. The van der Waals surface area contributed by atoms with Crippen LogP contribution in [0.5, 0.6) is 0 Å². The van der Waals surface area contributed by atoms with Crippen LogP contribution < -0.4 is 10.6 Å². The molecule has 2 N–H and O–H groups in total. The number of nitrogens with one attached hydrogen (secondary N) is 2. The second-order valence-corrected chi connectivity index (χ2v) is 8.78. The molecule has 5 nitrogen and oxygen atoms in total. The third-order valence-corrected chi connectivity index (χ3v) is 6.43. The van der Waals surface area contributed by atoms with E-state index in [-0.39, 0.29) is 47.3 Å². The third-order valence-electron chi connectivity index (χ3n) is 6.03. The molecular weight excluding hydrogens is 359 g/mol. The number of hydrogen-bond donors (Lipinski definition) is 2. The summed E-state index contributed by atoms with van der Waals surface area (Å²) in [5.74, 6) is -0.147. The molecule has 1 heterocycles. The maximum atomic E-state index is 13.6. The molecule has 7 atom stereocenters. The molecule has 0 bridgehead atoms. The Morgan fingerprint density at radius 2 is 2.00 bits per heavy atom. The number of alkyl halides is 2. The third kappa shape index (κ3) is 5.10. The maximum absolute atomic E-state index is 13.6. The number of piperidine rings is 1. The standard InChI is InChI=1S/C19H30ClFN2O3/c1-11-8-13(21)3-5-16(11)26-17-9-12(20)2-4-15(17)19(25)23-14-6-7-22-18(24)10-14/h11-17H,2-10H2,1H3,(H,22,24)(H,23,25). The van der Waals surface area contributed by atoms with Gasteiger partial charge in [-0.1, -0.05) is 6.92 Å². The smallest absolute Gasteiger partial charge is 0.225 e. The second-order valence-electron chi connectivity index (χ2n) is 8.17. The molecule has 3 rings (SSSR count). The Balaban J connectivity index is 1.60. The van der Waals surface area contributed by atoms with Crippen molar-refractivity contribution in [2.75, 3.05) is 6.54 Å². The van der Waals surface area contributed by atoms with Crippen LogP contribution in [0.1, 0.15) is 58.3 Å². The molecule has 2 aliphatic carbocycles. The van der Waals surface area contributed by atoms with E-state index < -0.39 is 6.17 Å². The van der Waals surface area contributed by atoms with Crippen LogP contribution in [-0.2, 0) is 14.3 Å². The van der Waals surface area contributed by atoms with Crippen LogP contribution in [-0.4, -0.2) is 48.2 Å². The van der Waals surface area contributed by atoms with E-state index in [4.69, 9.17) is 16.3 Å². The lowest BCUT2D eigenvalue weighted by Crippen LogP contribution is -2.51. The van der Waals surface area contributed by atoms with E-state index in [1.807, 2.05) is 6.92 Å². The number of carbonyl (C=O) groups is 2. The van der Waals surface area contributed by atoms with Crippen LogP contribution in [0.3, 0.4) is 0 Å². The van der Waals surface area contributed by atoms with Crippen molar-refractivity contribution in [3.05, 3.63) is 0 Å². The molecule has 0 aromatic heterocycles. The summed E-state index contributed by atoms with van der Waals surface area (Å²) >= 11 is 6.34. The minimum Gasteiger partial charge on any atom is -0.374 e. The van der Waals surface area contributed by atoms with E-state index in [2.05, 4.69) is 10.6 Å². The highest BCUT2D eigenvalue weighted by Gasteiger charge is 2.39. The van der Waals surface area contributed by atoms with Gasteiger partial charge in [0, 0.05) is 24.4 Å². The maximum Gasteiger partial charge on any atom is 0.225 e. The first-order chi connectivity index (χ1) is 12.4. The van der Waals surface area contributed by atoms with Crippen molar-refractivity contribution in [1.82, 2.24) is 10.6 Å². The van der Waals surface area contributed by atoms with E-state index in [1.165, 1.54) is 0 Å². The zero-order valence-corrected chi connectivity index (χ0v) is 16.1. The zero-order chi connectivity index (χ0) is 18.7. The van der Waals surface area contributed by atoms with Crippen molar-refractivity contribution in [1.29, 1.82) is 0 Å². The van der Waals surface area contributed by atoms with Gasteiger partial charge in [0.1, 0.15) is 6.17 Å². The van der Waals surface area contributed by atoms with Crippen molar-refractivity contribution in [3.8, 4) is 0 Å². The van der Waals surface area contributed by atoms with Crippen molar-refractivity contribution in [2.45, 2.75) is 88.1 Å². The summed E-state index contributed by atoms with van der Waals surface area (Å²) in [6.45, 7) is 2.62. The first kappa shape index (κ1) is 19.9. The summed E-state index contributed by atoms with van der Waals surface area (Å²) in [6.07, 6.45) is 3.98. The molecule has 1 saturated heterocycles.